The molecule has 0 fully saturated rings. The smallest absolute Gasteiger partial charge is 0.190 e. The number of Topliss-reactive ketones (excluding diaryl/α,β-unsaturated/α-hetero) is 1. The molecule has 1 atom stereocenters. The zero-order valence-electron chi connectivity index (χ0n) is 9.30. The Morgan fingerprint density at radius 3 is 2.76 bits per heavy atom. The molecule has 0 heterocycles. The van der Waals surface area contributed by atoms with Gasteiger partial charge in [-0.05, 0) is 17.7 Å². The lowest BCUT2D eigenvalue weighted by molar-refractivity contribution is -0.116. The van der Waals surface area contributed by atoms with Crippen molar-refractivity contribution in [2.45, 2.75) is 19.4 Å². The van der Waals surface area contributed by atoms with E-state index in [9.17, 15) is 19.8 Å². The molecule has 0 spiro atoms. The number of carbonyl (C=O) groups excluding carboxylic acids is 2. The van der Waals surface area contributed by atoms with Gasteiger partial charge in [0.1, 0.15) is 11.9 Å². The number of phenolic OH excluding ortho intramolecular Hbond substituents is 1. The van der Waals surface area contributed by atoms with Crippen LogP contribution in [0.3, 0.4) is 0 Å². The van der Waals surface area contributed by atoms with E-state index in [2.05, 4.69) is 0 Å². The Morgan fingerprint density at radius 2 is 2.12 bits per heavy atom. The van der Waals surface area contributed by atoms with Gasteiger partial charge in [0, 0.05) is 12.0 Å². The molecule has 0 aromatic heterocycles. The molecule has 0 amide bonds. The van der Waals surface area contributed by atoms with E-state index in [1.165, 1.54) is 18.2 Å². The molecule has 1 aliphatic carbocycles. The monoisotopic (exact) mass is 232 g/mol. The maximum Gasteiger partial charge on any atom is 0.190 e. The van der Waals surface area contributed by atoms with Crippen molar-refractivity contribution in [1.82, 2.24) is 0 Å². The fourth-order valence-electron chi connectivity index (χ4n) is 1.95. The number of rotatable bonds is 2. The molecule has 4 heteroatoms. The van der Waals surface area contributed by atoms with Crippen LogP contribution in [-0.2, 0) is 4.79 Å². The molecule has 0 saturated heterocycles. The SMILES string of the molecule is CCC(=O)C1=CC(=O)c2c(O)cccc2C1O. The van der Waals surface area contributed by atoms with Crippen molar-refractivity contribution in [3.8, 4) is 5.75 Å². The number of allylic oxidation sites excluding steroid dienone is 1. The third-order valence-electron chi connectivity index (χ3n) is 2.84. The van der Waals surface area contributed by atoms with Gasteiger partial charge in [-0.1, -0.05) is 19.1 Å². The Kier molecular flexibility index (Phi) is 2.81. The van der Waals surface area contributed by atoms with Crippen LogP contribution in [0.15, 0.2) is 29.8 Å². The zero-order valence-corrected chi connectivity index (χ0v) is 9.30. The first-order valence-electron chi connectivity index (χ1n) is 5.35. The molecule has 0 bridgehead atoms. The summed E-state index contributed by atoms with van der Waals surface area (Å²) in [5.41, 5.74) is 0.456. The third-order valence-corrected chi connectivity index (χ3v) is 2.84. The van der Waals surface area contributed by atoms with Gasteiger partial charge in [0.25, 0.3) is 0 Å². The van der Waals surface area contributed by atoms with Crippen LogP contribution in [-0.4, -0.2) is 21.8 Å². The number of fused-ring (bicyclic) bond motifs is 1. The average Bonchev–Trinajstić information content (AvgIpc) is 2.32. The summed E-state index contributed by atoms with van der Waals surface area (Å²) in [5.74, 6) is -0.883. The van der Waals surface area contributed by atoms with Crippen molar-refractivity contribution in [2.75, 3.05) is 0 Å². The zero-order chi connectivity index (χ0) is 12.6. The first-order chi connectivity index (χ1) is 8.06. The predicted molar refractivity (Wildman–Crippen MR) is 60.8 cm³/mol. The van der Waals surface area contributed by atoms with Crippen molar-refractivity contribution in [2.24, 2.45) is 0 Å². The first-order valence-corrected chi connectivity index (χ1v) is 5.35. The van der Waals surface area contributed by atoms with E-state index in [0.29, 0.717) is 0 Å². The summed E-state index contributed by atoms with van der Waals surface area (Å²) in [7, 11) is 0. The fourth-order valence-corrected chi connectivity index (χ4v) is 1.95. The number of aromatic hydroxyl groups is 1. The minimum Gasteiger partial charge on any atom is -0.507 e. The maximum atomic E-state index is 11.8. The Bertz CT molecular complexity index is 528. The highest BCUT2D eigenvalue weighted by Crippen LogP contribution is 2.35. The molecule has 0 aliphatic heterocycles. The number of carbonyl (C=O) groups is 2. The second-order valence-electron chi connectivity index (χ2n) is 3.88. The summed E-state index contributed by atoms with van der Waals surface area (Å²) in [6.07, 6.45) is 0.199. The lowest BCUT2D eigenvalue weighted by atomic mass is 9.85. The van der Waals surface area contributed by atoms with Gasteiger partial charge in [-0.25, -0.2) is 0 Å². The first kappa shape index (κ1) is 11.5. The molecule has 4 nitrogen and oxygen atoms in total. The Labute approximate surface area is 98.2 Å². The van der Waals surface area contributed by atoms with Crippen LogP contribution >= 0.6 is 0 Å². The molecule has 88 valence electrons. The summed E-state index contributed by atoms with van der Waals surface area (Å²) in [4.78, 5) is 23.4. The molecule has 1 aliphatic rings. The molecule has 1 aromatic rings. The highest BCUT2D eigenvalue weighted by molar-refractivity contribution is 6.14. The number of aliphatic hydroxyl groups excluding tert-OH is 1. The quantitative estimate of drug-likeness (QED) is 0.810. The average molecular weight is 232 g/mol. The molecular weight excluding hydrogens is 220 g/mol. The topological polar surface area (TPSA) is 74.6 Å². The van der Waals surface area contributed by atoms with E-state index in [1.54, 1.807) is 6.92 Å². The van der Waals surface area contributed by atoms with Crippen molar-refractivity contribution in [1.29, 1.82) is 0 Å². The van der Waals surface area contributed by atoms with Crippen molar-refractivity contribution in [3.63, 3.8) is 0 Å². The van der Waals surface area contributed by atoms with E-state index in [-0.39, 0.29) is 34.7 Å². The molecule has 17 heavy (non-hydrogen) atoms. The van der Waals surface area contributed by atoms with Gasteiger partial charge in [0.15, 0.2) is 11.6 Å². The number of hydrogen-bond acceptors (Lipinski definition) is 4. The number of ketones is 2. The minimum absolute atomic E-state index is 0.0765. The molecule has 1 unspecified atom stereocenters. The lowest BCUT2D eigenvalue weighted by Crippen LogP contribution is -2.20. The third kappa shape index (κ3) is 1.76. The molecule has 0 radical (unpaired) electrons. The van der Waals surface area contributed by atoms with E-state index in [0.717, 1.165) is 6.08 Å². The van der Waals surface area contributed by atoms with Crippen LogP contribution in [0.1, 0.15) is 35.4 Å². The van der Waals surface area contributed by atoms with Gasteiger partial charge in [-0.15, -0.1) is 0 Å². The number of benzene rings is 1. The highest BCUT2D eigenvalue weighted by Gasteiger charge is 2.30. The summed E-state index contributed by atoms with van der Waals surface area (Å²) < 4.78 is 0. The van der Waals surface area contributed by atoms with Gasteiger partial charge >= 0.3 is 0 Å². The second kappa shape index (κ2) is 4.14. The highest BCUT2D eigenvalue weighted by atomic mass is 16.3. The van der Waals surface area contributed by atoms with Crippen LogP contribution in [0.4, 0.5) is 0 Å². The van der Waals surface area contributed by atoms with Crippen LogP contribution in [0.2, 0.25) is 0 Å². The maximum absolute atomic E-state index is 11.8. The minimum atomic E-state index is -1.14. The van der Waals surface area contributed by atoms with Gasteiger partial charge in [-0.2, -0.15) is 0 Å². The van der Waals surface area contributed by atoms with E-state index >= 15 is 0 Å². The molecular formula is C13H12O4. The number of hydrogen-bond donors (Lipinski definition) is 2. The Hall–Kier alpha value is -1.94. The van der Waals surface area contributed by atoms with Gasteiger partial charge < -0.3 is 10.2 Å². The molecule has 0 saturated carbocycles. The Balaban J connectivity index is 2.57. The largest absolute Gasteiger partial charge is 0.507 e. The van der Waals surface area contributed by atoms with Crippen molar-refractivity contribution in [3.05, 3.63) is 41.0 Å². The lowest BCUT2D eigenvalue weighted by Gasteiger charge is -2.21. The predicted octanol–water partition coefficient (Wildman–Crippen LogP) is 1.53. The summed E-state index contributed by atoms with van der Waals surface area (Å²) >= 11 is 0. The van der Waals surface area contributed by atoms with Crippen molar-refractivity contribution >= 4 is 11.6 Å². The van der Waals surface area contributed by atoms with Crippen LogP contribution < -0.4 is 0 Å². The van der Waals surface area contributed by atoms with E-state index in [4.69, 9.17) is 0 Å². The van der Waals surface area contributed by atoms with Gasteiger partial charge in [0.2, 0.25) is 0 Å². The van der Waals surface area contributed by atoms with Crippen molar-refractivity contribution < 1.29 is 19.8 Å². The summed E-state index contributed by atoms with van der Waals surface area (Å²) in [6.45, 7) is 1.67. The van der Waals surface area contributed by atoms with Crippen LogP contribution in [0.25, 0.3) is 0 Å². The number of aliphatic hydroxyl groups is 1. The molecule has 2 N–H and O–H groups in total. The van der Waals surface area contributed by atoms with E-state index in [1.807, 2.05) is 0 Å². The van der Waals surface area contributed by atoms with E-state index < -0.39 is 11.9 Å². The van der Waals surface area contributed by atoms with Crippen LogP contribution in [0, 0.1) is 0 Å². The summed E-state index contributed by atoms with van der Waals surface area (Å²) in [6, 6.07) is 4.45. The second-order valence-corrected chi connectivity index (χ2v) is 3.88. The van der Waals surface area contributed by atoms with Crippen LogP contribution in [0.5, 0.6) is 5.75 Å². The molecule has 1 aromatic carbocycles. The standard InChI is InChI=1S/C13H12O4/c1-2-9(14)8-6-11(16)12-7(13(8)17)4-3-5-10(12)15/h3-6,13,15,17H,2H2,1H3. The molecule has 2 rings (SSSR count). The van der Waals surface area contributed by atoms with Gasteiger partial charge in [-0.3, -0.25) is 9.59 Å². The van der Waals surface area contributed by atoms with Gasteiger partial charge in [0.05, 0.1) is 5.56 Å². The number of phenols is 1. The fraction of sp³-hybridized carbons (Fsp3) is 0.231. The Morgan fingerprint density at radius 1 is 1.41 bits per heavy atom. The normalized spacial score (nSPS) is 18.6. The summed E-state index contributed by atoms with van der Waals surface area (Å²) in [5, 5.41) is 19.6.